The number of carbonyl (C=O) groups excluding carboxylic acids is 3. The Balaban J connectivity index is 1.87. The summed E-state index contributed by atoms with van der Waals surface area (Å²) in [5.41, 5.74) is 3.34. The lowest BCUT2D eigenvalue weighted by molar-refractivity contribution is -0.139. The molecule has 2 atom stereocenters. The Morgan fingerprint density at radius 1 is 1.21 bits per heavy atom. The monoisotopic (exact) mass is 376 g/mol. The van der Waals surface area contributed by atoms with Crippen LogP contribution in [0.5, 0.6) is 0 Å². The standard InChI is InChI=1S/C21H20N4O3/c1-3-5-17(26)18-19(15-7-4-6-12(2)24-15)25(21(28)20(18)27)13-8-9-14-16(10-13)23-11-22-14/h4,6-11,18-19H,3,5H2,1-2H3,(H,22,23). The average molecular weight is 376 g/mol. The first-order chi connectivity index (χ1) is 13.5. The molecule has 3 aromatic rings. The molecule has 2 unspecified atom stereocenters. The fourth-order valence-corrected chi connectivity index (χ4v) is 3.78. The van der Waals surface area contributed by atoms with Crippen LogP contribution in [0.4, 0.5) is 5.69 Å². The quantitative estimate of drug-likeness (QED) is 0.546. The van der Waals surface area contributed by atoms with E-state index in [9.17, 15) is 14.4 Å². The third-order valence-corrected chi connectivity index (χ3v) is 5.04. The van der Waals surface area contributed by atoms with Gasteiger partial charge in [0.05, 0.1) is 29.1 Å². The number of anilines is 1. The number of benzene rings is 1. The summed E-state index contributed by atoms with van der Waals surface area (Å²) in [6, 6.07) is 9.96. The van der Waals surface area contributed by atoms with E-state index in [4.69, 9.17) is 0 Å². The first-order valence-electron chi connectivity index (χ1n) is 9.28. The lowest BCUT2D eigenvalue weighted by Gasteiger charge is -2.26. The number of fused-ring (bicyclic) bond motifs is 1. The number of Topliss-reactive ketones (excluding diaryl/α,β-unsaturated/α-hetero) is 2. The van der Waals surface area contributed by atoms with Gasteiger partial charge in [-0.1, -0.05) is 13.0 Å². The van der Waals surface area contributed by atoms with Gasteiger partial charge in [-0.2, -0.15) is 0 Å². The number of aryl methyl sites for hydroxylation is 1. The van der Waals surface area contributed by atoms with E-state index in [0.29, 0.717) is 17.8 Å². The van der Waals surface area contributed by atoms with Crippen LogP contribution in [0.2, 0.25) is 0 Å². The maximum Gasteiger partial charge on any atom is 0.295 e. The van der Waals surface area contributed by atoms with Gasteiger partial charge in [0.2, 0.25) is 5.78 Å². The molecule has 7 heteroatoms. The Bertz CT molecular complexity index is 1090. The number of hydrogen-bond donors (Lipinski definition) is 1. The molecule has 1 saturated heterocycles. The van der Waals surface area contributed by atoms with Crippen molar-refractivity contribution in [2.24, 2.45) is 5.92 Å². The summed E-state index contributed by atoms with van der Waals surface area (Å²) in [6.45, 7) is 3.72. The second kappa shape index (κ2) is 6.99. The first kappa shape index (κ1) is 18.0. The van der Waals surface area contributed by atoms with Crippen molar-refractivity contribution in [2.75, 3.05) is 4.90 Å². The van der Waals surface area contributed by atoms with E-state index >= 15 is 0 Å². The zero-order valence-corrected chi connectivity index (χ0v) is 15.7. The third kappa shape index (κ3) is 2.89. The van der Waals surface area contributed by atoms with Crippen molar-refractivity contribution < 1.29 is 14.4 Å². The summed E-state index contributed by atoms with van der Waals surface area (Å²) >= 11 is 0. The molecule has 28 heavy (non-hydrogen) atoms. The molecule has 7 nitrogen and oxygen atoms in total. The van der Waals surface area contributed by atoms with E-state index in [2.05, 4.69) is 15.0 Å². The molecule has 1 N–H and O–H groups in total. The maximum absolute atomic E-state index is 12.9. The number of rotatable bonds is 5. The molecule has 1 aromatic carbocycles. The number of aromatic amines is 1. The highest BCUT2D eigenvalue weighted by molar-refractivity contribution is 6.48. The van der Waals surface area contributed by atoms with Crippen LogP contribution in [-0.4, -0.2) is 32.4 Å². The van der Waals surface area contributed by atoms with Crippen molar-refractivity contribution in [3.05, 3.63) is 54.1 Å². The van der Waals surface area contributed by atoms with Gasteiger partial charge in [-0.15, -0.1) is 0 Å². The summed E-state index contributed by atoms with van der Waals surface area (Å²) in [7, 11) is 0. The number of nitrogens with zero attached hydrogens (tertiary/aromatic N) is 3. The van der Waals surface area contributed by atoms with Gasteiger partial charge in [-0.05, 0) is 43.7 Å². The summed E-state index contributed by atoms with van der Waals surface area (Å²) < 4.78 is 0. The van der Waals surface area contributed by atoms with Crippen molar-refractivity contribution in [3.8, 4) is 0 Å². The molecule has 3 heterocycles. The fourth-order valence-electron chi connectivity index (χ4n) is 3.78. The van der Waals surface area contributed by atoms with Crippen LogP contribution >= 0.6 is 0 Å². The Hall–Kier alpha value is -3.35. The Morgan fingerprint density at radius 2 is 2.04 bits per heavy atom. The predicted molar refractivity (Wildman–Crippen MR) is 104 cm³/mol. The second-order valence-corrected chi connectivity index (χ2v) is 6.99. The molecule has 0 spiro atoms. The predicted octanol–water partition coefficient (Wildman–Crippen LogP) is 2.91. The number of H-pyrrole nitrogens is 1. The van der Waals surface area contributed by atoms with E-state index in [1.54, 1.807) is 30.6 Å². The molecule has 1 aliphatic rings. The minimum absolute atomic E-state index is 0.223. The van der Waals surface area contributed by atoms with E-state index < -0.39 is 23.7 Å². The normalized spacial score (nSPS) is 19.6. The fraction of sp³-hybridized carbons (Fsp3) is 0.286. The van der Waals surface area contributed by atoms with Gasteiger partial charge in [-0.25, -0.2) is 4.98 Å². The number of imidazole rings is 1. The molecule has 1 fully saturated rings. The molecule has 1 amide bonds. The molecule has 0 saturated carbocycles. The second-order valence-electron chi connectivity index (χ2n) is 6.99. The van der Waals surface area contributed by atoms with E-state index in [1.807, 2.05) is 26.0 Å². The molecule has 2 aromatic heterocycles. The Kier molecular flexibility index (Phi) is 4.50. The molecule has 142 valence electrons. The van der Waals surface area contributed by atoms with Gasteiger partial charge in [-0.3, -0.25) is 24.3 Å². The van der Waals surface area contributed by atoms with E-state index in [-0.39, 0.29) is 12.2 Å². The number of carbonyl (C=O) groups is 3. The highest BCUT2D eigenvalue weighted by Crippen LogP contribution is 2.40. The van der Waals surface area contributed by atoms with Crippen LogP contribution in [0.15, 0.2) is 42.7 Å². The van der Waals surface area contributed by atoms with Gasteiger partial charge in [0, 0.05) is 17.8 Å². The number of nitrogens with one attached hydrogen (secondary N) is 1. The topological polar surface area (TPSA) is 96.0 Å². The van der Waals surface area contributed by atoms with Gasteiger partial charge in [0.25, 0.3) is 5.91 Å². The van der Waals surface area contributed by atoms with Crippen LogP contribution in [-0.2, 0) is 14.4 Å². The lowest BCUT2D eigenvalue weighted by atomic mass is 9.89. The number of pyridine rings is 1. The summed E-state index contributed by atoms with van der Waals surface area (Å²) in [5.74, 6) is -2.61. The van der Waals surface area contributed by atoms with Crippen molar-refractivity contribution in [1.82, 2.24) is 15.0 Å². The number of aromatic nitrogens is 3. The Labute approximate surface area is 161 Å². The minimum atomic E-state index is -1.04. The Morgan fingerprint density at radius 3 is 2.79 bits per heavy atom. The lowest BCUT2D eigenvalue weighted by Crippen LogP contribution is -2.31. The van der Waals surface area contributed by atoms with Crippen molar-refractivity contribution in [2.45, 2.75) is 32.7 Å². The van der Waals surface area contributed by atoms with Crippen LogP contribution in [0.1, 0.15) is 37.2 Å². The van der Waals surface area contributed by atoms with Gasteiger partial charge >= 0.3 is 0 Å². The summed E-state index contributed by atoms with van der Waals surface area (Å²) in [6.07, 6.45) is 2.43. The van der Waals surface area contributed by atoms with Crippen LogP contribution in [0.25, 0.3) is 11.0 Å². The highest BCUT2D eigenvalue weighted by Gasteiger charge is 2.52. The highest BCUT2D eigenvalue weighted by atomic mass is 16.2. The van der Waals surface area contributed by atoms with Crippen LogP contribution in [0, 0.1) is 12.8 Å². The average Bonchev–Trinajstić information content (AvgIpc) is 3.24. The van der Waals surface area contributed by atoms with Gasteiger partial charge in [0.15, 0.2) is 0 Å². The summed E-state index contributed by atoms with van der Waals surface area (Å²) in [5, 5.41) is 0. The van der Waals surface area contributed by atoms with Crippen molar-refractivity contribution >= 4 is 34.2 Å². The molecule has 0 bridgehead atoms. The van der Waals surface area contributed by atoms with Crippen molar-refractivity contribution in [1.29, 1.82) is 0 Å². The van der Waals surface area contributed by atoms with Gasteiger partial charge < -0.3 is 4.98 Å². The number of hydrogen-bond acceptors (Lipinski definition) is 5. The number of amides is 1. The van der Waals surface area contributed by atoms with E-state index in [1.165, 1.54) is 4.90 Å². The minimum Gasteiger partial charge on any atom is -0.345 e. The molecule has 4 rings (SSSR count). The molecular weight excluding hydrogens is 356 g/mol. The first-order valence-corrected chi connectivity index (χ1v) is 9.28. The molecule has 0 aliphatic carbocycles. The molecule has 0 radical (unpaired) electrons. The van der Waals surface area contributed by atoms with E-state index in [0.717, 1.165) is 16.7 Å². The SMILES string of the molecule is CCCC(=O)C1C(=O)C(=O)N(c2ccc3nc[nH]c3c2)C1c1cccc(C)n1. The van der Waals surface area contributed by atoms with Crippen LogP contribution < -0.4 is 4.90 Å². The summed E-state index contributed by atoms with van der Waals surface area (Å²) in [4.78, 5) is 51.7. The van der Waals surface area contributed by atoms with Crippen LogP contribution in [0.3, 0.4) is 0 Å². The number of ketones is 2. The largest absolute Gasteiger partial charge is 0.345 e. The smallest absolute Gasteiger partial charge is 0.295 e. The zero-order chi connectivity index (χ0) is 19.8. The third-order valence-electron chi connectivity index (χ3n) is 5.04. The maximum atomic E-state index is 12.9. The van der Waals surface area contributed by atoms with Crippen molar-refractivity contribution in [3.63, 3.8) is 0 Å². The molecule has 1 aliphatic heterocycles. The molecular formula is C21H20N4O3. The zero-order valence-electron chi connectivity index (χ0n) is 15.7. The van der Waals surface area contributed by atoms with Gasteiger partial charge in [0.1, 0.15) is 11.7 Å².